The van der Waals surface area contributed by atoms with Crippen LogP contribution in [0.25, 0.3) is 0 Å². The van der Waals surface area contributed by atoms with Gasteiger partial charge in [-0.05, 0) is 30.5 Å². The molecule has 0 spiro atoms. The third-order valence-corrected chi connectivity index (χ3v) is 4.78. The Morgan fingerprint density at radius 2 is 2.00 bits per heavy atom. The smallest absolute Gasteiger partial charge is 0.316 e. The van der Waals surface area contributed by atoms with Crippen LogP contribution in [0, 0.1) is 5.92 Å². The van der Waals surface area contributed by atoms with Crippen LogP contribution in [-0.4, -0.2) is 33.6 Å². The Morgan fingerprint density at radius 1 is 1.28 bits per heavy atom. The van der Waals surface area contributed by atoms with E-state index >= 15 is 0 Å². The van der Waals surface area contributed by atoms with Gasteiger partial charge >= 0.3 is 5.97 Å². The fraction of sp³-hybridized carbons (Fsp3) is 0.421. The zero-order valence-corrected chi connectivity index (χ0v) is 14.8. The average molecular weight is 341 g/mol. The molecule has 2 aromatic rings. The number of esters is 1. The zero-order valence-electron chi connectivity index (χ0n) is 14.8. The van der Waals surface area contributed by atoms with Gasteiger partial charge in [0.25, 0.3) is 0 Å². The molecule has 2 atom stereocenters. The summed E-state index contributed by atoms with van der Waals surface area (Å²) >= 11 is 0. The highest BCUT2D eigenvalue weighted by Gasteiger charge is 2.40. The highest BCUT2D eigenvalue weighted by Crippen LogP contribution is 2.36. The molecule has 0 bridgehead atoms. The second kappa shape index (κ2) is 7.09. The number of amides is 1. The predicted octanol–water partition coefficient (Wildman–Crippen LogP) is 2.50. The Bertz CT molecular complexity index is 766. The summed E-state index contributed by atoms with van der Waals surface area (Å²) in [5.41, 5.74) is 2.04. The fourth-order valence-electron chi connectivity index (χ4n) is 3.32. The van der Waals surface area contributed by atoms with Gasteiger partial charge in [-0.15, -0.1) is 0 Å². The van der Waals surface area contributed by atoms with Crippen molar-refractivity contribution in [2.75, 3.05) is 7.05 Å². The van der Waals surface area contributed by atoms with Crippen LogP contribution in [0.4, 0.5) is 0 Å². The number of aryl methyl sites for hydroxylation is 2. The van der Waals surface area contributed by atoms with E-state index in [-0.39, 0.29) is 17.9 Å². The number of carbonyl (C=O) groups is 2. The molecule has 0 radical (unpaired) electrons. The minimum atomic E-state index is -0.405. The minimum Gasteiger partial charge on any atom is -0.426 e. The van der Waals surface area contributed by atoms with Crippen LogP contribution < -0.4 is 4.74 Å². The second-order valence-corrected chi connectivity index (χ2v) is 6.46. The molecule has 1 fully saturated rings. The Balaban J connectivity index is 1.81. The topological polar surface area (TPSA) is 64.4 Å². The van der Waals surface area contributed by atoms with Gasteiger partial charge in [0.1, 0.15) is 5.75 Å². The fourth-order valence-corrected chi connectivity index (χ4v) is 3.32. The van der Waals surface area contributed by atoms with Crippen molar-refractivity contribution in [3.8, 4) is 5.75 Å². The molecule has 2 unspecified atom stereocenters. The van der Waals surface area contributed by atoms with Gasteiger partial charge in [-0.1, -0.05) is 19.1 Å². The molecular weight excluding hydrogens is 318 g/mol. The summed E-state index contributed by atoms with van der Waals surface area (Å²) in [5, 5.41) is 4.17. The van der Waals surface area contributed by atoms with Crippen molar-refractivity contribution in [2.24, 2.45) is 13.0 Å². The molecule has 2 heterocycles. The van der Waals surface area contributed by atoms with Crippen molar-refractivity contribution in [1.82, 2.24) is 14.7 Å². The largest absolute Gasteiger partial charge is 0.426 e. The predicted molar refractivity (Wildman–Crippen MR) is 92.9 cm³/mol. The number of carbonyl (C=O) groups excluding carboxylic acids is 2. The van der Waals surface area contributed by atoms with Gasteiger partial charge in [-0.2, -0.15) is 5.10 Å². The maximum atomic E-state index is 12.8. The number of piperidine rings is 1. The molecule has 1 aliphatic rings. The van der Waals surface area contributed by atoms with Crippen LogP contribution in [0.5, 0.6) is 5.75 Å². The number of hydrogen-bond donors (Lipinski definition) is 0. The van der Waals surface area contributed by atoms with Crippen LogP contribution in [0.2, 0.25) is 0 Å². The lowest BCUT2D eigenvalue weighted by atomic mass is 9.86. The van der Waals surface area contributed by atoms with Crippen LogP contribution in [0.15, 0.2) is 36.7 Å². The van der Waals surface area contributed by atoms with Gasteiger partial charge in [0.05, 0.1) is 18.2 Å². The molecule has 0 N–H and O–H groups in total. The first-order valence-corrected chi connectivity index (χ1v) is 8.54. The summed E-state index contributed by atoms with van der Waals surface area (Å²) in [7, 11) is 3.55. The van der Waals surface area contributed by atoms with Crippen molar-refractivity contribution in [2.45, 2.75) is 32.2 Å². The zero-order chi connectivity index (χ0) is 18.0. The number of rotatable bonds is 4. The molecule has 1 amide bonds. The van der Waals surface area contributed by atoms with E-state index < -0.39 is 5.92 Å². The van der Waals surface area contributed by atoms with E-state index in [0.29, 0.717) is 18.6 Å². The van der Waals surface area contributed by atoms with E-state index in [0.717, 1.165) is 12.0 Å². The Labute approximate surface area is 147 Å². The Hall–Kier alpha value is -2.63. The number of hydrogen-bond acceptors (Lipinski definition) is 4. The molecule has 6 heteroatoms. The van der Waals surface area contributed by atoms with Crippen molar-refractivity contribution >= 4 is 11.9 Å². The van der Waals surface area contributed by atoms with E-state index in [1.54, 1.807) is 22.8 Å². The maximum Gasteiger partial charge on any atom is 0.316 e. The quantitative estimate of drug-likeness (QED) is 0.633. The monoisotopic (exact) mass is 341 g/mol. The van der Waals surface area contributed by atoms with Gasteiger partial charge in [-0.25, -0.2) is 0 Å². The van der Waals surface area contributed by atoms with Crippen LogP contribution in [-0.2, 0) is 23.1 Å². The molecule has 6 nitrogen and oxygen atoms in total. The third-order valence-electron chi connectivity index (χ3n) is 4.78. The van der Waals surface area contributed by atoms with Gasteiger partial charge < -0.3 is 9.64 Å². The van der Waals surface area contributed by atoms with Crippen LogP contribution in [0.3, 0.4) is 0 Å². The summed E-state index contributed by atoms with van der Waals surface area (Å²) in [6, 6.07) is 7.19. The molecule has 1 saturated heterocycles. The summed E-state index contributed by atoms with van der Waals surface area (Å²) in [6.45, 7) is 2.08. The molecule has 1 aliphatic heterocycles. The molecular formula is C19H23N3O3. The first-order chi connectivity index (χ1) is 12.0. The second-order valence-electron chi connectivity index (χ2n) is 6.46. The molecule has 0 aliphatic carbocycles. The minimum absolute atomic E-state index is 0.0326. The lowest BCUT2D eigenvalue weighted by Gasteiger charge is -2.37. The van der Waals surface area contributed by atoms with E-state index in [9.17, 15) is 9.59 Å². The first-order valence-electron chi connectivity index (χ1n) is 8.54. The number of aromatic nitrogens is 2. The van der Waals surface area contributed by atoms with E-state index in [1.807, 2.05) is 37.5 Å². The molecule has 132 valence electrons. The number of ether oxygens (including phenoxy) is 1. The van der Waals surface area contributed by atoms with Crippen molar-refractivity contribution in [3.05, 3.63) is 47.8 Å². The normalized spacial score (nSPS) is 20.6. The van der Waals surface area contributed by atoms with Crippen molar-refractivity contribution in [3.63, 3.8) is 0 Å². The van der Waals surface area contributed by atoms with Gasteiger partial charge in [0.15, 0.2) is 0 Å². The van der Waals surface area contributed by atoms with Crippen molar-refractivity contribution < 1.29 is 14.3 Å². The van der Waals surface area contributed by atoms with E-state index in [4.69, 9.17) is 4.74 Å². The molecule has 1 aromatic heterocycles. The molecule has 0 saturated carbocycles. The maximum absolute atomic E-state index is 12.8. The number of benzene rings is 1. The Kier molecular flexibility index (Phi) is 4.88. The lowest BCUT2D eigenvalue weighted by Crippen LogP contribution is -2.44. The highest BCUT2D eigenvalue weighted by atomic mass is 16.5. The molecule has 3 rings (SSSR count). The summed E-state index contributed by atoms with van der Waals surface area (Å²) in [6.07, 6.45) is 5.31. The van der Waals surface area contributed by atoms with Crippen LogP contribution in [0.1, 0.15) is 36.9 Å². The van der Waals surface area contributed by atoms with Gasteiger partial charge in [-0.3, -0.25) is 14.3 Å². The van der Waals surface area contributed by atoms with Crippen molar-refractivity contribution in [1.29, 1.82) is 0 Å². The number of nitrogens with zero attached hydrogens (tertiary/aromatic N) is 3. The van der Waals surface area contributed by atoms with Gasteiger partial charge in [0.2, 0.25) is 5.91 Å². The average Bonchev–Trinajstić information content (AvgIpc) is 3.03. The van der Waals surface area contributed by atoms with E-state index in [2.05, 4.69) is 12.0 Å². The SMILES string of the molecule is CCc1ccc(OC(=O)C2CCC(=O)N(C)C2c2cnn(C)c2)cc1. The third kappa shape index (κ3) is 3.57. The molecule has 25 heavy (non-hydrogen) atoms. The summed E-state index contributed by atoms with van der Waals surface area (Å²) < 4.78 is 7.27. The number of likely N-dealkylation sites (tertiary alicyclic amines) is 1. The van der Waals surface area contributed by atoms with Gasteiger partial charge in [0, 0.05) is 32.3 Å². The highest BCUT2D eigenvalue weighted by molar-refractivity contribution is 5.83. The van der Waals surface area contributed by atoms with Crippen LogP contribution >= 0.6 is 0 Å². The van der Waals surface area contributed by atoms with E-state index in [1.165, 1.54) is 5.56 Å². The first kappa shape index (κ1) is 17.2. The Morgan fingerprint density at radius 3 is 2.60 bits per heavy atom. The molecule has 1 aromatic carbocycles. The standard InChI is InChI=1S/C19H23N3O3/c1-4-13-5-7-15(8-6-13)25-19(24)16-9-10-17(23)22(3)18(16)14-11-20-21(2)12-14/h5-8,11-12,16,18H,4,9-10H2,1-3H3. The summed E-state index contributed by atoms with van der Waals surface area (Å²) in [5.74, 6) is -0.146. The summed E-state index contributed by atoms with van der Waals surface area (Å²) in [4.78, 5) is 26.5. The lowest BCUT2D eigenvalue weighted by molar-refractivity contribution is -0.148.